The van der Waals surface area contributed by atoms with Crippen LogP contribution in [0.2, 0.25) is 0 Å². The zero-order chi connectivity index (χ0) is 18.5. The normalized spacial score (nSPS) is 13.0. The number of nitrogens with zero attached hydrogens (tertiary/aromatic N) is 2. The van der Waals surface area contributed by atoms with E-state index in [4.69, 9.17) is 0 Å². The van der Waals surface area contributed by atoms with Gasteiger partial charge in [0, 0.05) is 0 Å². The largest absolute Gasteiger partial charge is 0.382 e. The molecule has 0 atom stereocenters. The number of aliphatic hydroxyl groups excluding tert-OH is 1. The lowest BCUT2D eigenvalue weighted by atomic mass is 10.1. The second kappa shape index (κ2) is 13.1. The molecule has 0 saturated heterocycles. The summed E-state index contributed by atoms with van der Waals surface area (Å²) in [7, 11) is 0. The summed E-state index contributed by atoms with van der Waals surface area (Å²) in [6, 6.07) is 0. The Hall–Kier alpha value is -0.120. The zero-order valence-corrected chi connectivity index (χ0v) is 17.8. The highest BCUT2D eigenvalue weighted by atomic mass is 16.3. The highest BCUT2D eigenvalue weighted by Crippen LogP contribution is 2.18. The summed E-state index contributed by atoms with van der Waals surface area (Å²) in [5.74, 6) is 0. The van der Waals surface area contributed by atoms with E-state index in [0.29, 0.717) is 0 Å². The molecule has 0 fully saturated rings. The van der Waals surface area contributed by atoms with E-state index in [0.717, 1.165) is 22.1 Å². The van der Waals surface area contributed by atoms with Gasteiger partial charge in [-0.25, -0.2) is 0 Å². The molecule has 0 amide bonds. The van der Waals surface area contributed by atoms with E-state index in [1.165, 1.54) is 77.8 Å². The Kier molecular flexibility index (Phi) is 13.1. The Labute approximate surface area is 153 Å². The molecule has 0 aliphatic heterocycles. The van der Waals surface area contributed by atoms with Crippen molar-refractivity contribution >= 4 is 0 Å². The molecule has 0 radical (unpaired) electrons. The molecule has 1 N–H and O–H groups in total. The van der Waals surface area contributed by atoms with Gasteiger partial charge in [0.15, 0.2) is 6.10 Å². The Balaban J connectivity index is 5.12. The molecule has 0 aromatic heterocycles. The van der Waals surface area contributed by atoms with Crippen LogP contribution in [0.1, 0.15) is 80.1 Å². The molecule has 0 rings (SSSR count). The molecule has 3 nitrogen and oxygen atoms in total. The van der Waals surface area contributed by atoms with E-state index < -0.39 is 0 Å². The van der Waals surface area contributed by atoms with Crippen LogP contribution in [0.3, 0.4) is 0 Å². The maximum absolute atomic E-state index is 11.0. The summed E-state index contributed by atoms with van der Waals surface area (Å²) in [4.78, 5) is 0. The molecule has 0 unspecified atom stereocenters. The van der Waals surface area contributed by atoms with Gasteiger partial charge >= 0.3 is 0 Å². The van der Waals surface area contributed by atoms with E-state index in [1.54, 1.807) is 0 Å². The van der Waals surface area contributed by atoms with Crippen molar-refractivity contribution in [2.24, 2.45) is 0 Å². The SMILES string of the molecule is CCC[N+](CCC)(CCC)CC(O)C[N+](CCC)(CCC)CCC. The van der Waals surface area contributed by atoms with Gasteiger partial charge in [-0.1, -0.05) is 41.5 Å². The molecule has 0 aliphatic rings. The molecule has 0 aromatic rings. The number of hydrogen-bond acceptors (Lipinski definition) is 1. The minimum Gasteiger partial charge on any atom is -0.382 e. The Morgan fingerprint density at radius 2 is 0.708 bits per heavy atom. The van der Waals surface area contributed by atoms with Crippen molar-refractivity contribution in [1.82, 2.24) is 0 Å². The number of aliphatic hydroxyl groups is 1. The van der Waals surface area contributed by atoms with Crippen LogP contribution in [0, 0.1) is 0 Å². The summed E-state index contributed by atoms with van der Waals surface area (Å²) in [5, 5.41) is 11.0. The Bertz CT molecular complexity index is 232. The Morgan fingerprint density at radius 3 is 0.875 bits per heavy atom. The lowest BCUT2D eigenvalue weighted by Gasteiger charge is -2.43. The van der Waals surface area contributed by atoms with Gasteiger partial charge in [0.2, 0.25) is 0 Å². The molecular weight excluding hydrogens is 296 g/mol. The lowest BCUT2D eigenvalue weighted by Crippen LogP contribution is -2.59. The number of rotatable bonds is 16. The predicted molar refractivity (Wildman–Crippen MR) is 107 cm³/mol. The molecule has 0 bridgehead atoms. The lowest BCUT2D eigenvalue weighted by molar-refractivity contribution is -0.950. The van der Waals surface area contributed by atoms with E-state index in [1.807, 2.05) is 0 Å². The smallest absolute Gasteiger partial charge is 0.152 e. The van der Waals surface area contributed by atoms with Gasteiger partial charge < -0.3 is 14.1 Å². The fraction of sp³-hybridized carbons (Fsp3) is 1.00. The van der Waals surface area contributed by atoms with Gasteiger partial charge in [0.05, 0.1) is 39.3 Å². The highest BCUT2D eigenvalue weighted by molar-refractivity contribution is 4.59. The third kappa shape index (κ3) is 8.31. The molecule has 0 saturated carbocycles. The quantitative estimate of drug-likeness (QED) is 0.410. The topological polar surface area (TPSA) is 20.2 Å². The average molecular weight is 345 g/mol. The molecule has 0 spiro atoms. The van der Waals surface area contributed by atoms with Crippen LogP contribution in [0.4, 0.5) is 0 Å². The third-order valence-corrected chi connectivity index (χ3v) is 5.38. The van der Waals surface area contributed by atoms with Gasteiger partial charge in [-0.05, 0) is 38.5 Å². The molecule has 146 valence electrons. The van der Waals surface area contributed by atoms with E-state index in [9.17, 15) is 5.11 Å². The molecule has 0 aromatic carbocycles. The van der Waals surface area contributed by atoms with E-state index >= 15 is 0 Å². The molecular formula is C21H48N2O+2. The molecule has 24 heavy (non-hydrogen) atoms. The first kappa shape index (κ1) is 23.9. The van der Waals surface area contributed by atoms with Crippen LogP contribution >= 0.6 is 0 Å². The van der Waals surface area contributed by atoms with Crippen molar-refractivity contribution in [3.05, 3.63) is 0 Å². The highest BCUT2D eigenvalue weighted by Gasteiger charge is 2.34. The minimum atomic E-state index is -0.167. The van der Waals surface area contributed by atoms with Crippen molar-refractivity contribution in [3.63, 3.8) is 0 Å². The van der Waals surface area contributed by atoms with Gasteiger partial charge in [-0.2, -0.15) is 0 Å². The molecule has 3 heteroatoms. The average Bonchev–Trinajstić information content (AvgIpc) is 2.48. The molecule has 0 aliphatic carbocycles. The molecule has 0 heterocycles. The summed E-state index contributed by atoms with van der Waals surface area (Å²) in [5.41, 5.74) is 0. The maximum atomic E-state index is 11.0. The fourth-order valence-electron chi connectivity index (χ4n) is 5.02. The van der Waals surface area contributed by atoms with E-state index in [2.05, 4.69) is 41.5 Å². The van der Waals surface area contributed by atoms with Crippen LogP contribution in [0.15, 0.2) is 0 Å². The maximum Gasteiger partial charge on any atom is 0.152 e. The van der Waals surface area contributed by atoms with Crippen molar-refractivity contribution in [2.45, 2.75) is 86.2 Å². The first-order valence-electron chi connectivity index (χ1n) is 10.8. The van der Waals surface area contributed by atoms with Crippen molar-refractivity contribution in [1.29, 1.82) is 0 Å². The fourth-order valence-corrected chi connectivity index (χ4v) is 5.02. The van der Waals surface area contributed by atoms with Crippen LogP contribution < -0.4 is 0 Å². The van der Waals surface area contributed by atoms with Gasteiger partial charge in [-0.3, -0.25) is 0 Å². The zero-order valence-electron chi connectivity index (χ0n) is 17.8. The first-order valence-corrected chi connectivity index (χ1v) is 10.8. The van der Waals surface area contributed by atoms with Gasteiger partial charge in [0.1, 0.15) is 13.1 Å². The second-order valence-corrected chi connectivity index (χ2v) is 8.04. The minimum absolute atomic E-state index is 0.167. The van der Waals surface area contributed by atoms with Crippen LogP contribution in [-0.2, 0) is 0 Å². The van der Waals surface area contributed by atoms with Crippen LogP contribution in [0.25, 0.3) is 0 Å². The van der Waals surface area contributed by atoms with Crippen molar-refractivity contribution in [3.8, 4) is 0 Å². The second-order valence-electron chi connectivity index (χ2n) is 8.04. The predicted octanol–water partition coefficient (Wildman–Crippen LogP) is 4.44. The standard InChI is InChI=1S/C21H48N2O/c1-7-13-22(14-8-2,15-9-3)19-21(24)20-23(16-10-4,17-11-5)18-12-6/h21,24H,7-20H2,1-6H3/q+2. The number of quaternary nitrogens is 2. The van der Waals surface area contributed by atoms with Gasteiger partial charge in [-0.15, -0.1) is 0 Å². The van der Waals surface area contributed by atoms with Crippen LogP contribution in [-0.4, -0.2) is 72.5 Å². The third-order valence-electron chi connectivity index (χ3n) is 5.38. The number of hydrogen-bond donors (Lipinski definition) is 1. The monoisotopic (exact) mass is 344 g/mol. The Morgan fingerprint density at radius 1 is 0.500 bits per heavy atom. The first-order chi connectivity index (χ1) is 11.5. The van der Waals surface area contributed by atoms with Crippen molar-refractivity contribution in [2.75, 3.05) is 52.4 Å². The summed E-state index contributed by atoms with van der Waals surface area (Å²) in [6.45, 7) is 22.9. The summed E-state index contributed by atoms with van der Waals surface area (Å²) in [6.07, 6.45) is 7.12. The summed E-state index contributed by atoms with van der Waals surface area (Å²) >= 11 is 0. The summed E-state index contributed by atoms with van der Waals surface area (Å²) < 4.78 is 2.24. The van der Waals surface area contributed by atoms with Crippen LogP contribution in [0.5, 0.6) is 0 Å². The van der Waals surface area contributed by atoms with Crippen molar-refractivity contribution < 1.29 is 14.1 Å². The van der Waals surface area contributed by atoms with Gasteiger partial charge in [0.25, 0.3) is 0 Å². The van der Waals surface area contributed by atoms with E-state index in [-0.39, 0.29) is 6.10 Å².